The Hall–Kier alpha value is -1.87. The SMILES string of the molecule is Cc1nc2ccc(Nc3ccccc3)cc2s1. The summed E-state index contributed by atoms with van der Waals surface area (Å²) < 4.78 is 1.23. The molecule has 0 radical (unpaired) electrons. The molecule has 1 N–H and O–H groups in total. The molecule has 0 spiro atoms. The molecular formula is C14H12N2S. The first-order valence-electron chi connectivity index (χ1n) is 5.50. The quantitative estimate of drug-likeness (QED) is 0.720. The third-order valence-electron chi connectivity index (χ3n) is 2.56. The van der Waals surface area contributed by atoms with Gasteiger partial charge in [-0.15, -0.1) is 11.3 Å². The van der Waals surface area contributed by atoms with Crippen LogP contribution in [0.4, 0.5) is 11.4 Å². The summed E-state index contributed by atoms with van der Waals surface area (Å²) in [6.45, 7) is 2.04. The van der Waals surface area contributed by atoms with E-state index in [0.29, 0.717) is 0 Å². The molecule has 2 nitrogen and oxygen atoms in total. The highest BCUT2D eigenvalue weighted by Crippen LogP contribution is 2.26. The largest absolute Gasteiger partial charge is 0.355 e. The number of hydrogen-bond acceptors (Lipinski definition) is 3. The topological polar surface area (TPSA) is 24.9 Å². The molecule has 84 valence electrons. The zero-order valence-electron chi connectivity index (χ0n) is 9.47. The highest BCUT2D eigenvalue weighted by atomic mass is 32.1. The summed E-state index contributed by atoms with van der Waals surface area (Å²) in [6, 6.07) is 16.5. The normalized spacial score (nSPS) is 10.6. The highest BCUT2D eigenvalue weighted by Gasteiger charge is 2.01. The highest BCUT2D eigenvalue weighted by molar-refractivity contribution is 7.18. The van der Waals surface area contributed by atoms with Gasteiger partial charge in [-0.2, -0.15) is 0 Å². The summed E-state index contributed by atoms with van der Waals surface area (Å²) in [5, 5.41) is 4.49. The Labute approximate surface area is 104 Å². The zero-order valence-corrected chi connectivity index (χ0v) is 10.3. The lowest BCUT2D eigenvalue weighted by molar-refractivity contribution is 1.35. The molecule has 0 saturated carbocycles. The monoisotopic (exact) mass is 240 g/mol. The zero-order chi connectivity index (χ0) is 11.7. The number of nitrogens with zero attached hydrogens (tertiary/aromatic N) is 1. The molecule has 3 heteroatoms. The van der Waals surface area contributed by atoms with Crippen LogP contribution < -0.4 is 5.32 Å². The van der Waals surface area contributed by atoms with Crippen molar-refractivity contribution >= 4 is 32.9 Å². The van der Waals surface area contributed by atoms with Crippen molar-refractivity contribution < 1.29 is 0 Å². The maximum absolute atomic E-state index is 4.45. The molecule has 0 aliphatic rings. The number of aromatic nitrogens is 1. The van der Waals surface area contributed by atoms with Crippen molar-refractivity contribution in [3.05, 3.63) is 53.5 Å². The van der Waals surface area contributed by atoms with Crippen LogP contribution in [-0.4, -0.2) is 4.98 Å². The molecule has 17 heavy (non-hydrogen) atoms. The molecule has 0 saturated heterocycles. The number of fused-ring (bicyclic) bond motifs is 1. The summed E-state index contributed by atoms with van der Waals surface area (Å²) in [5.74, 6) is 0. The van der Waals surface area contributed by atoms with Crippen molar-refractivity contribution in [2.45, 2.75) is 6.92 Å². The van der Waals surface area contributed by atoms with Crippen molar-refractivity contribution in [1.82, 2.24) is 4.98 Å². The van der Waals surface area contributed by atoms with Gasteiger partial charge in [0.05, 0.1) is 15.2 Å². The average molecular weight is 240 g/mol. The number of benzene rings is 2. The first-order valence-corrected chi connectivity index (χ1v) is 6.32. The number of anilines is 2. The van der Waals surface area contributed by atoms with E-state index in [0.717, 1.165) is 21.9 Å². The number of rotatable bonds is 2. The Morgan fingerprint density at radius 2 is 1.82 bits per heavy atom. The van der Waals surface area contributed by atoms with Crippen LogP contribution in [0.5, 0.6) is 0 Å². The van der Waals surface area contributed by atoms with E-state index in [1.165, 1.54) is 4.70 Å². The number of aryl methyl sites for hydroxylation is 1. The van der Waals surface area contributed by atoms with Crippen molar-refractivity contribution in [1.29, 1.82) is 0 Å². The van der Waals surface area contributed by atoms with Crippen LogP contribution >= 0.6 is 11.3 Å². The number of para-hydroxylation sites is 1. The van der Waals surface area contributed by atoms with Crippen molar-refractivity contribution in [2.75, 3.05) is 5.32 Å². The van der Waals surface area contributed by atoms with Crippen LogP contribution in [-0.2, 0) is 0 Å². The predicted molar refractivity (Wildman–Crippen MR) is 74.1 cm³/mol. The molecule has 0 amide bonds. The molecule has 0 aliphatic carbocycles. The number of thiazole rings is 1. The lowest BCUT2D eigenvalue weighted by atomic mass is 10.2. The van der Waals surface area contributed by atoms with Gasteiger partial charge in [0.25, 0.3) is 0 Å². The third-order valence-corrected chi connectivity index (χ3v) is 3.49. The molecule has 0 unspecified atom stereocenters. The van der Waals surface area contributed by atoms with Crippen LogP contribution in [0.15, 0.2) is 48.5 Å². The summed E-state index contributed by atoms with van der Waals surface area (Å²) in [4.78, 5) is 4.45. The van der Waals surface area contributed by atoms with E-state index in [-0.39, 0.29) is 0 Å². The van der Waals surface area contributed by atoms with Gasteiger partial charge in [0.2, 0.25) is 0 Å². The van der Waals surface area contributed by atoms with Gasteiger partial charge in [0.15, 0.2) is 0 Å². The Balaban J connectivity index is 1.95. The maximum Gasteiger partial charge on any atom is 0.0907 e. The standard InChI is InChI=1S/C14H12N2S/c1-10-15-13-8-7-12(9-14(13)17-10)16-11-5-3-2-4-6-11/h2-9,16H,1H3. The van der Waals surface area contributed by atoms with Gasteiger partial charge in [-0.3, -0.25) is 0 Å². The molecular weight excluding hydrogens is 228 g/mol. The van der Waals surface area contributed by atoms with E-state index in [2.05, 4.69) is 40.6 Å². The molecule has 1 heterocycles. The fourth-order valence-electron chi connectivity index (χ4n) is 1.81. The van der Waals surface area contributed by atoms with Crippen molar-refractivity contribution in [2.24, 2.45) is 0 Å². The molecule has 0 aliphatic heterocycles. The lowest BCUT2D eigenvalue weighted by Gasteiger charge is -2.05. The van der Waals surface area contributed by atoms with Crippen molar-refractivity contribution in [3.8, 4) is 0 Å². The Morgan fingerprint density at radius 3 is 2.65 bits per heavy atom. The van der Waals surface area contributed by atoms with E-state index < -0.39 is 0 Å². The third kappa shape index (κ3) is 2.15. The second-order valence-corrected chi connectivity index (χ2v) is 5.14. The summed E-state index contributed by atoms with van der Waals surface area (Å²) >= 11 is 1.73. The summed E-state index contributed by atoms with van der Waals surface area (Å²) in [5.41, 5.74) is 3.28. The first kappa shape index (κ1) is 10.3. The Kier molecular flexibility index (Phi) is 2.53. The summed E-state index contributed by atoms with van der Waals surface area (Å²) in [7, 11) is 0. The summed E-state index contributed by atoms with van der Waals surface area (Å²) in [6.07, 6.45) is 0. The molecule has 2 aromatic carbocycles. The molecule has 3 rings (SSSR count). The van der Waals surface area contributed by atoms with E-state index in [1.54, 1.807) is 11.3 Å². The minimum absolute atomic E-state index is 1.08. The number of nitrogens with one attached hydrogen (secondary N) is 1. The Bertz CT molecular complexity index is 644. The lowest BCUT2D eigenvalue weighted by Crippen LogP contribution is -1.88. The van der Waals surface area contributed by atoms with Crippen LogP contribution in [0.25, 0.3) is 10.2 Å². The first-order chi connectivity index (χ1) is 8.31. The van der Waals surface area contributed by atoms with Crippen molar-refractivity contribution in [3.63, 3.8) is 0 Å². The van der Waals surface area contributed by atoms with Crippen LogP contribution in [0, 0.1) is 6.92 Å². The maximum atomic E-state index is 4.45. The van der Waals surface area contributed by atoms with Crippen LogP contribution in [0.3, 0.4) is 0 Å². The van der Waals surface area contributed by atoms with E-state index in [9.17, 15) is 0 Å². The second kappa shape index (κ2) is 4.18. The minimum atomic E-state index is 1.08. The Morgan fingerprint density at radius 1 is 1.00 bits per heavy atom. The molecule has 0 atom stereocenters. The smallest absolute Gasteiger partial charge is 0.0907 e. The molecule has 0 bridgehead atoms. The van der Waals surface area contributed by atoms with Gasteiger partial charge >= 0.3 is 0 Å². The molecule has 3 aromatic rings. The molecule has 1 aromatic heterocycles. The van der Waals surface area contributed by atoms with Crippen LogP contribution in [0.2, 0.25) is 0 Å². The fraction of sp³-hybridized carbons (Fsp3) is 0.0714. The van der Waals surface area contributed by atoms with Gasteiger partial charge < -0.3 is 5.32 Å². The van der Waals surface area contributed by atoms with Gasteiger partial charge in [-0.05, 0) is 37.3 Å². The van der Waals surface area contributed by atoms with E-state index in [1.807, 2.05) is 25.1 Å². The van der Waals surface area contributed by atoms with Gasteiger partial charge in [0.1, 0.15) is 0 Å². The van der Waals surface area contributed by atoms with Gasteiger partial charge in [0, 0.05) is 11.4 Å². The van der Waals surface area contributed by atoms with E-state index in [4.69, 9.17) is 0 Å². The minimum Gasteiger partial charge on any atom is -0.355 e. The van der Waals surface area contributed by atoms with Gasteiger partial charge in [-0.25, -0.2) is 4.98 Å². The molecule has 0 fully saturated rings. The average Bonchev–Trinajstić information content (AvgIpc) is 2.70. The second-order valence-electron chi connectivity index (χ2n) is 3.91. The van der Waals surface area contributed by atoms with E-state index >= 15 is 0 Å². The van der Waals surface area contributed by atoms with Crippen LogP contribution in [0.1, 0.15) is 5.01 Å². The predicted octanol–water partition coefficient (Wildman–Crippen LogP) is 4.35. The van der Waals surface area contributed by atoms with Gasteiger partial charge in [-0.1, -0.05) is 18.2 Å². The number of hydrogen-bond donors (Lipinski definition) is 1. The fourth-order valence-corrected chi connectivity index (χ4v) is 2.67.